The second-order valence-electron chi connectivity index (χ2n) is 4.56. The van der Waals surface area contributed by atoms with E-state index in [9.17, 15) is 5.11 Å². The Bertz CT molecular complexity index is 169. The maximum atomic E-state index is 10.0. The van der Waals surface area contributed by atoms with Gasteiger partial charge in [-0.25, -0.2) is 0 Å². The molecule has 0 unspecified atom stereocenters. The highest BCUT2D eigenvalue weighted by Gasteiger charge is 2.27. The van der Waals surface area contributed by atoms with Crippen LogP contribution in [0.15, 0.2) is 0 Å². The van der Waals surface area contributed by atoms with E-state index >= 15 is 0 Å². The molecule has 1 saturated carbocycles. The minimum Gasteiger partial charge on any atom is -0.391 e. The van der Waals surface area contributed by atoms with Gasteiger partial charge in [0.05, 0.1) is 6.10 Å². The Balaban J connectivity index is 1.91. The number of aliphatic hydroxyl groups is 1. The van der Waals surface area contributed by atoms with Gasteiger partial charge in [-0.05, 0) is 12.8 Å². The molecule has 3 nitrogen and oxygen atoms in total. The molecule has 1 aliphatic carbocycles. The highest BCUT2D eigenvalue weighted by atomic mass is 16.3. The normalized spacial score (nSPS) is 36.6. The molecule has 2 atom stereocenters. The first-order valence-electron chi connectivity index (χ1n) is 6.01. The maximum Gasteiger partial charge on any atom is 0.0695 e. The lowest BCUT2D eigenvalue weighted by atomic mass is 10.0. The fourth-order valence-electron chi connectivity index (χ4n) is 2.71. The lowest BCUT2D eigenvalue weighted by Crippen LogP contribution is -2.52. The van der Waals surface area contributed by atoms with Gasteiger partial charge in [-0.3, -0.25) is 4.90 Å². The molecule has 1 saturated heterocycles. The molecule has 1 heterocycles. The second-order valence-corrected chi connectivity index (χ2v) is 4.56. The number of hydrogen-bond donors (Lipinski definition) is 2. The molecule has 3 heteroatoms. The van der Waals surface area contributed by atoms with Crippen molar-refractivity contribution < 1.29 is 5.11 Å². The molecule has 14 heavy (non-hydrogen) atoms. The van der Waals surface area contributed by atoms with Crippen molar-refractivity contribution in [3.05, 3.63) is 0 Å². The van der Waals surface area contributed by atoms with Crippen molar-refractivity contribution in [2.24, 2.45) is 0 Å². The van der Waals surface area contributed by atoms with Crippen LogP contribution in [0.2, 0.25) is 0 Å². The molecule has 0 aromatic carbocycles. The standard InChI is InChI=1S/C11H22N2O/c14-11-5-3-1-2-4-10(11)13-8-6-12-7-9-13/h10-12,14H,1-9H2/t10-,11-/m1/s1. The molecule has 1 aliphatic heterocycles. The average molecular weight is 198 g/mol. The summed E-state index contributed by atoms with van der Waals surface area (Å²) >= 11 is 0. The lowest BCUT2D eigenvalue weighted by molar-refractivity contribution is 0.0377. The molecule has 0 bridgehead atoms. The van der Waals surface area contributed by atoms with E-state index in [2.05, 4.69) is 10.2 Å². The fourth-order valence-corrected chi connectivity index (χ4v) is 2.71. The van der Waals surface area contributed by atoms with Crippen LogP contribution in [0.3, 0.4) is 0 Å². The zero-order valence-corrected chi connectivity index (χ0v) is 8.91. The van der Waals surface area contributed by atoms with Crippen LogP contribution in [-0.4, -0.2) is 48.3 Å². The SMILES string of the molecule is O[C@@H]1CCCCC[C@H]1N1CCNCC1. The van der Waals surface area contributed by atoms with Crippen LogP contribution in [-0.2, 0) is 0 Å². The van der Waals surface area contributed by atoms with Crippen LogP contribution in [0.1, 0.15) is 32.1 Å². The molecule has 0 spiro atoms. The van der Waals surface area contributed by atoms with Crippen molar-refractivity contribution in [1.82, 2.24) is 10.2 Å². The zero-order chi connectivity index (χ0) is 9.80. The Kier molecular flexibility index (Phi) is 3.79. The summed E-state index contributed by atoms with van der Waals surface area (Å²) in [6, 6.07) is 0.444. The van der Waals surface area contributed by atoms with Crippen molar-refractivity contribution in [3.8, 4) is 0 Å². The number of aliphatic hydroxyl groups excluding tert-OH is 1. The number of piperazine rings is 1. The summed E-state index contributed by atoms with van der Waals surface area (Å²) in [6.07, 6.45) is 5.95. The first kappa shape index (κ1) is 10.4. The molecule has 2 rings (SSSR count). The topological polar surface area (TPSA) is 35.5 Å². The van der Waals surface area contributed by atoms with E-state index in [0.29, 0.717) is 6.04 Å². The van der Waals surface area contributed by atoms with Crippen molar-refractivity contribution >= 4 is 0 Å². The number of nitrogens with zero attached hydrogens (tertiary/aromatic N) is 1. The van der Waals surface area contributed by atoms with Crippen molar-refractivity contribution in [1.29, 1.82) is 0 Å². The molecule has 2 N–H and O–H groups in total. The first-order chi connectivity index (χ1) is 6.88. The third kappa shape index (κ3) is 2.47. The van der Waals surface area contributed by atoms with Gasteiger partial charge >= 0.3 is 0 Å². The van der Waals surface area contributed by atoms with Crippen LogP contribution in [0, 0.1) is 0 Å². The van der Waals surface area contributed by atoms with Crippen LogP contribution in [0.5, 0.6) is 0 Å². The molecule has 2 aliphatic rings. The smallest absolute Gasteiger partial charge is 0.0695 e. The minimum atomic E-state index is -0.0735. The quantitative estimate of drug-likeness (QED) is 0.605. The Morgan fingerprint density at radius 1 is 1.00 bits per heavy atom. The van der Waals surface area contributed by atoms with Crippen molar-refractivity contribution in [2.45, 2.75) is 44.2 Å². The fraction of sp³-hybridized carbons (Fsp3) is 1.00. The molecule has 0 radical (unpaired) electrons. The Morgan fingerprint density at radius 2 is 1.71 bits per heavy atom. The summed E-state index contributed by atoms with van der Waals surface area (Å²) in [7, 11) is 0. The minimum absolute atomic E-state index is 0.0735. The third-order valence-electron chi connectivity index (χ3n) is 3.56. The van der Waals surface area contributed by atoms with Crippen molar-refractivity contribution in [3.63, 3.8) is 0 Å². The number of rotatable bonds is 1. The van der Waals surface area contributed by atoms with Gasteiger partial charge in [0.1, 0.15) is 0 Å². The van der Waals surface area contributed by atoms with Gasteiger partial charge in [-0.2, -0.15) is 0 Å². The van der Waals surface area contributed by atoms with Crippen LogP contribution in [0.4, 0.5) is 0 Å². The predicted molar refractivity (Wildman–Crippen MR) is 57.3 cm³/mol. The largest absolute Gasteiger partial charge is 0.391 e. The predicted octanol–water partition coefficient (Wildman–Crippen LogP) is 0.585. The molecular formula is C11H22N2O. The van der Waals surface area contributed by atoms with Gasteiger partial charge in [0.2, 0.25) is 0 Å². The Hall–Kier alpha value is -0.120. The summed E-state index contributed by atoms with van der Waals surface area (Å²) in [6.45, 7) is 4.40. The van der Waals surface area contributed by atoms with Crippen LogP contribution >= 0.6 is 0 Å². The van der Waals surface area contributed by atoms with E-state index in [1.54, 1.807) is 0 Å². The number of hydrogen-bond acceptors (Lipinski definition) is 3. The maximum absolute atomic E-state index is 10.0. The van der Waals surface area contributed by atoms with Gasteiger partial charge in [-0.15, -0.1) is 0 Å². The molecule has 82 valence electrons. The van der Waals surface area contributed by atoms with Crippen LogP contribution < -0.4 is 5.32 Å². The van der Waals surface area contributed by atoms with Gasteiger partial charge in [0.15, 0.2) is 0 Å². The summed E-state index contributed by atoms with van der Waals surface area (Å²) < 4.78 is 0. The van der Waals surface area contributed by atoms with Gasteiger partial charge in [0.25, 0.3) is 0 Å². The average Bonchev–Trinajstić information content (AvgIpc) is 2.44. The summed E-state index contributed by atoms with van der Waals surface area (Å²) in [5.74, 6) is 0. The highest BCUT2D eigenvalue weighted by molar-refractivity contribution is 4.84. The summed E-state index contributed by atoms with van der Waals surface area (Å²) in [4.78, 5) is 2.48. The molecule has 0 amide bonds. The summed E-state index contributed by atoms with van der Waals surface area (Å²) in [5.41, 5.74) is 0. The Labute approximate surface area is 86.5 Å². The van der Waals surface area contributed by atoms with E-state index in [4.69, 9.17) is 0 Å². The molecule has 0 aromatic rings. The lowest BCUT2D eigenvalue weighted by Gasteiger charge is -2.36. The van der Waals surface area contributed by atoms with Crippen LogP contribution in [0.25, 0.3) is 0 Å². The number of nitrogens with one attached hydrogen (secondary N) is 1. The van der Waals surface area contributed by atoms with Gasteiger partial charge in [-0.1, -0.05) is 19.3 Å². The van der Waals surface area contributed by atoms with E-state index in [0.717, 1.165) is 32.6 Å². The zero-order valence-electron chi connectivity index (χ0n) is 8.91. The second kappa shape index (κ2) is 5.10. The molecule has 2 fully saturated rings. The molecular weight excluding hydrogens is 176 g/mol. The highest BCUT2D eigenvalue weighted by Crippen LogP contribution is 2.22. The summed E-state index contributed by atoms with van der Waals surface area (Å²) in [5, 5.41) is 13.4. The monoisotopic (exact) mass is 198 g/mol. The van der Waals surface area contributed by atoms with Crippen molar-refractivity contribution in [2.75, 3.05) is 26.2 Å². The van der Waals surface area contributed by atoms with Gasteiger partial charge < -0.3 is 10.4 Å². The van der Waals surface area contributed by atoms with E-state index < -0.39 is 0 Å². The van der Waals surface area contributed by atoms with Gasteiger partial charge in [0, 0.05) is 32.2 Å². The third-order valence-corrected chi connectivity index (χ3v) is 3.56. The molecule has 0 aromatic heterocycles. The Morgan fingerprint density at radius 3 is 2.50 bits per heavy atom. The van der Waals surface area contributed by atoms with E-state index in [1.807, 2.05) is 0 Å². The van der Waals surface area contributed by atoms with E-state index in [1.165, 1.54) is 25.7 Å². The van der Waals surface area contributed by atoms with E-state index in [-0.39, 0.29) is 6.10 Å². The first-order valence-corrected chi connectivity index (χ1v) is 6.01.